The van der Waals surface area contributed by atoms with Crippen molar-refractivity contribution in [3.05, 3.63) is 65.2 Å². The first kappa shape index (κ1) is 19.1. The maximum Gasteiger partial charge on any atom is 0.254 e. The second-order valence-electron chi connectivity index (χ2n) is 7.34. The number of benzene rings is 2. The van der Waals surface area contributed by atoms with Crippen LogP contribution >= 0.6 is 0 Å². The number of sulfone groups is 2. The van der Waals surface area contributed by atoms with Crippen molar-refractivity contribution in [3.63, 3.8) is 0 Å². The molecule has 1 saturated heterocycles. The number of hydrogen-bond donors (Lipinski definition) is 0. The molecule has 0 spiro atoms. The Morgan fingerprint density at radius 2 is 1.68 bits per heavy atom. The Labute approximate surface area is 165 Å². The number of amides is 1. The van der Waals surface area contributed by atoms with E-state index in [4.69, 9.17) is 0 Å². The van der Waals surface area contributed by atoms with E-state index in [9.17, 15) is 21.6 Å². The van der Waals surface area contributed by atoms with E-state index in [0.717, 1.165) is 12.0 Å². The molecule has 2 aliphatic rings. The predicted octanol–water partition coefficient (Wildman–Crippen LogP) is 1.85. The summed E-state index contributed by atoms with van der Waals surface area (Å²) in [5, 5.41) is -0.905. The summed E-state index contributed by atoms with van der Waals surface area (Å²) in [6, 6.07) is 13.9. The van der Waals surface area contributed by atoms with E-state index >= 15 is 0 Å². The second kappa shape index (κ2) is 7.00. The van der Waals surface area contributed by atoms with Gasteiger partial charge in [-0.05, 0) is 48.2 Å². The van der Waals surface area contributed by atoms with Crippen LogP contribution in [0.2, 0.25) is 0 Å². The average Bonchev–Trinajstić information content (AvgIpc) is 3.07. The van der Waals surface area contributed by atoms with E-state index in [0.29, 0.717) is 18.7 Å². The minimum atomic E-state index is -3.72. The quantitative estimate of drug-likeness (QED) is 0.758. The van der Waals surface area contributed by atoms with Gasteiger partial charge < -0.3 is 4.90 Å². The van der Waals surface area contributed by atoms with Gasteiger partial charge in [0.2, 0.25) is 0 Å². The molecular formula is C20H21NO5S2. The van der Waals surface area contributed by atoms with Crippen LogP contribution in [-0.2, 0) is 32.6 Å². The first-order valence-electron chi connectivity index (χ1n) is 9.17. The number of nitrogens with zero attached hydrogens (tertiary/aromatic N) is 1. The maximum atomic E-state index is 12.8. The summed E-state index contributed by atoms with van der Waals surface area (Å²) in [4.78, 5) is 14.6. The molecule has 1 fully saturated rings. The summed E-state index contributed by atoms with van der Waals surface area (Å²) in [6.07, 6.45) is 0.920. The van der Waals surface area contributed by atoms with Crippen LogP contribution in [0, 0.1) is 0 Å². The van der Waals surface area contributed by atoms with Gasteiger partial charge in [0.25, 0.3) is 5.91 Å². The normalized spacial score (nSPS) is 21.3. The van der Waals surface area contributed by atoms with Crippen LogP contribution in [-0.4, -0.2) is 50.9 Å². The highest BCUT2D eigenvalue weighted by Crippen LogP contribution is 2.26. The number of fused-ring (bicyclic) bond motifs is 1. The fraction of sp³-hybridized carbons (Fsp3) is 0.350. The molecule has 2 aromatic carbocycles. The molecule has 2 aromatic rings. The Kier molecular flexibility index (Phi) is 4.79. The third kappa shape index (κ3) is 3.58. The first-order valence-corrected chi connectivity index (χ1v) is 12.5. The van der Waals surface area contributed by atoms with Crippen molar-refractivity contribution in [1.29, 1.82) is 0 Å². The molecule has 0 radical (unpaired) electrons. The van der Waals surface area contributed by atoms with E-state index in [2.05, 4.69) is 6.07 Å². The van der Waals surface area contributed by atoms with Gasteiger partial charge >= 0.3 is 0 Å². The lowest BCUT2D eigenvalue weighted by molar-refractivity contribution is 0.0734. The van der Waals surface area contributed by atoms with E-state index in [-0.39, 0.29) is 28.7 Å². The zero-order chi connectivity index (χ0) is 19.9. The van der Waals surface area contributed by atoms with Crippen LogP contribution in [0.1, 0.15) is 27.9 Å². The van der Waals surface area contributed by atoms with Gasteiger partial charge in [-0.2, -0.15) is 0 Å². The molecule has 148 valence electrons. The fourth-order valence-electron chi connectivity index (χ4n) is 3.84. The molecule has 0 N–H and O–H groups in total. The van der Waals surface area contributed by atoms with Crippen LogP contribution in [0.3, 0.4) is 0 Å². The van der Waals surface area contributed by atoms with Crippen LogP contribution in [0.5, 0.6) is 0 Å². The lowest BCUT2D eigenvalue weighted by Crippen LogP contribution is -2.35. The topological polar surface area (TPSA) is 88.6 Å². The molecule has 2 aliphatic heterocycles. The summed E-state index contributed by atoms with van der Waals surface area (Å²) in [6.45, 7) is 1.16. The maximum absolute atomic E-state index is 12.8. The molecule has 6 nitrogen and oxygen atoms in total. The largest absolute Gasteiger partial charge is 0.334 e. The van der Waals surface area contributed by atoms with Crippen molar-refractivity contribution in [2.45, 2.75) is 29.5 Å². The van der Waals surface area contributed by atoms with Crippen LogP contribution in [0.15, 0.2) is 53.4 Å². The lowest BCUT2D eigenvalue weighted by Gasteiger charge is -2.29. The molecule has 0 aromatic heterocycles. The van der Waals surface area contributed by atoms with E-state index in [1.54, 1.807) is 4.90 Å². The highest BCUT2D eigenvalue weighted by molar-refractivity contribution is 7.96. The Bertz CT molecular complexity index is 1120. The third-order valence-corrected chi connectivity index (χ3v) is 9.67. The fourth-order valence-corrected chi connectivity index (χ4v) is 8.20. The smallest absolute Gasteiger partial charge is 0.254 e. The first-order chi connectivity index (χ1) is 13.3. The van der Waals surface area contributed by atoms with E-state index in [1.165, 1.54) is 29.8 Å². The summed E-state index contributed by atoms with van der Waals surface area (Å²) in [5.41, 5.74) is 2.81. The number of rotatable bonds is 3. The van der Waals surface area contributed by atoms with Gasteiger partial charge in [0, 0.05) is 18.7 Å². The predicted molar refractivity (Wildman–Crippen MR) is 106 cm³/mol. The molecule has 8 heteroatoms. The zero-order valence-corrected chi connectivity index (χ0v) is 16.9. The minimum absolute atomic E-state index is 0.0649. The van der Waals surface area contributed by atoms with Crippen LogP contribution < -0.4 is 0 Å². The summed E-state index contributed by atoms with van der Waals surface area (Å²) in [5.74, 6) is -0.561. The van der Waals surface area contributed by atoms with Gasteiger partial charge in [-0.1, -0.05) is 24.3 Å². The van der Waals surface area contributed by atoms with Gasteiger partial charge in [-0.15, -0.1) is 0 Å². The minimum Gasteiger partial charge on any atom is -0.334 e. The lowest BCUT2D eigenvalue weighted by atomic mass is 9.99. The molecule has 4 rings (SSSR count). The van der Waals surface area contributed by atoms with Crippen molar-refractivity contribution < 1.29 is 21.6 Å². The van der Waals surface area contributed by atoms with Crippen LogP contribution in [0.25, 0.3) is 0 Å². The Morgan fingerprint density at radius 1 is 1.00 bits per heavy atom. The summed E-state index contributed by atoms with van der Waals surface area (Å²) in [7, 11) is -7.01. The van der Waals surface area contributed by atoms with E-state index in [1.807, 2.05) is 18.2 Å². The van der Waals surface area contributed by atoms with Crippen molar-refractivity contribution >= 4 is 25.6 Å². The summed E-state index contributed by atoms with van der Waals surface area (Å²) >= 11 is 0. The van der Waals surface area contributed by atoms with Crippen molar-refractivity contribution in [1.82, 2.24) is 4.90 Å². The molecule has 0 saturated carbocycles. The van der Waals surface area contributed by atoms with E-state index < -0.39 is 24.9 Å². The number of carbonyl (C=O) groups excluding carboxylic acids is 1. The number of hydrogen-bond acceptors (Lipinski definition) is 5. The molecule has 0 aliphatic carbocycles. The Balaban J connectivity index is 1.51. The van der Waals surface area contributed by atoms with Gasteiger partial charge in [0.1, 0.15) is 0 Å². The Hall–Kier alpha value is -2.19. The average molecular weight is 420 g/mol. The Morgan fingerprint density at radius 3 is 2.32 bits per heavy atom. The standard InChI is InChI=1S/C20H21NO5S2/c22-20(21-11-9-15-3-1-2-4-17(15)13-21)16-5-7-18(8-6-16)28(25,26)19-10-12-27(23,24)14-19/h1-8,19H,9-14H2. The molecule has 0 bridgehead atoms. The van der Waals surface area contributed by atoms with Crippen molar-refractivity contribution in [2.75, 3.05) is 18.1 Å². The SMILES string of the molecule is O=C(c1ccc(S(=O)(=O)C2CCS(=O)(=O)C2)cc1)N1CCc2ccccc2C1. The van der Waals surface area contributed by atoms with Gasteiger partial charge in [-0.3, -0.25) is 4.79 Å². The molecular weight excluding hydrogens is 398 g/mol. The number of carbonyl (C=O) groups is 1. The second-order valence-corrected chi connectivity index (χ2v) is 11.8. The van der Waals surface area contributed by atoms with Crippen molar-refractivity contribution in [3.8, 4) is 0 Å². The van der Waals surface area contributed by atoms with Crippen LogP contribution in [0.4, 0.5) is 0 Å². The summed E-state index contributed by atoms with van der Waals surface area (Å²) < 4.78 is 48.6. The molecule has 1 unspecified atom stereocenters. The zero-order valence-electron chi connectivity index (χ0n) is 15.2. The third-order valence-electron chi connectivity index (χ3n) is 5.48. The molecule has 1 amide bonds. The monoisotopic (exact) mass is 419 g/mol. The van der Waals surface area contributed by atoms with Crippen molar-refractivity contribution in [2.24, 2.45) is 0 Å². The van der Waals surface area contributed by atoms with Gasteiger partial charge in [0.15, 0.2) is 19.7 Å². The molecule has 28 heavy (non-hydrogen) atoms. The highest BCUT2D eigenvalue weighted by Gasteiger charge is 2.38. The highest BCUT2D eigenvalue weighted by atomic mass is 32.2. The molecule has 2 heterocycles. The molecule has 1 atom stereocenters. The van der Waals surface area contributed by atoms with Gasteiger partial charge in [0.05, 0.1) is 21.7 Å². The van der Waals surface area contributed by atoms with Gasteiger partial charge in [-0.25, -0.2) is 16.8 Å².